The van der Waals surface area contributed by atoms with Gasteiger partial charge in [-0.25, -0.2) is 8.78 Å². The van der Waals surface area contributed by atoms with Gasteiger partial charge in [-0.1, -0.05) is 18.5 Å². The normalized spacial score (nSPS) is 15.3. The van der Waals surface area contributed by atoms with Crippen LogP contribution in [0, 0.1) is 11.6 Å². The third-order valence-corrected chi connectivity index (χ3v) is 2.67. The third-order valence-electron chi connectivity index (χ3n) is 2.36. The highest BCUT2D eigenvalue weighted by molar-refractivity contribution is 6.31. The fraction of sp³-hybridized carbons (Fsp3) is 0.400. The number of hydrogen-bond donors (Lipinski definition) is 1. The van der Waals surface area contributed by atoms with Gasteiger partial charge in [-0.2, -0.15) is 0 Å². The maximum absolute atomic E-state index is 12.9. The highest BCUT2D eigenvalue weighted by Crippen LogP contribution is 2.30. The molecule has 0 amide bonds. The van der Waals surface area contributed by atoms with E-state index < -0.39 is 17.2 Å². The highest BCUT2D eigenvalue weighted by atomic mass is 35.5. The Bertz CT molecular complexity index is 350. The van der Waals surface area contributed by atoms with Gasteiger partial charge in [0.2, 0.25) is 0 Å². The van der Waals surface area contributed by atoms with Crippen molar-refractivity contribution in [1.29, 1.82) is 0 Å². The first-order valence-electron chi connectivity index (χ1n) is 4.32. The van der Waals surface area contributed by atoms with Gasteiger partial charge in [-0.3, -0.25) is 0 Å². The maximum Gasteiger partial charge on any atom is 0.160 e. The molecule has 1 aromatic rings. The standard InChI is InChI=1S/C10H12ClF2N/c1-3-10(2,14)6-4-8(12)9(13)5-7(6)11/h4-5H,3,14H2,1-2H3. The van der Waals surface area contributed by atoms with E-state index in [9.17, 15) is 8.78 Å². The van der Waals surface area contributed by atoms with Crippen LogP contribution in [-0.2, 0) is 5.54 Å². The molecule has 78 valence electrons. The molecule has 1 rings (SSSR count). The van der Waals surface area contributed by atoms with Crippen LogP contribution < -0.4 is 5.73 Å². The molecule has 0 radical (unpaired) electrons. The molecule has 0 saturated carbocycles. The average Bonchev–Trinajstić information content (AvgIpc) is 2.11. The third kappa shape index (κ3) is 2.04. The number of hydrogen-bond acceptors (Lipinski definition) is 1. The first-order valence-corrected chi connectivity index (χ1v) is 4.70. The zero-order valence-electron chi connectivity index (χ0n) is 8.07. The van der Waals surface area contributed by atoms with Crippen LogP contribution in [-0.4, -0.2) is 0 Å². The molecular weight excluding hydrogens is 208 g/mol. The lowest BCUT2D eigenvalue weighted by molar-refractivity contribution is 0.461. The van der Waals surface area contributed by atoms with Gasteiger partial charge >= 0.3 is 0 Å². The van der Waals surface area contributed by atoms with E-state index in [0.29, 0.717) is 12.0 Å². The van der Waals surface area contributed by atoms with E-state index in [1.807, 2.05) is 6.92 Å². The molecule has 2 N–H and O–H groups in total. The van der Waals surface area contributed by atoms with E-state index >= 15 is 0 Å². The summed E-state index contributed by atoms with van der Waals surface area (Å²) >= 11 is 5.78. The Kier molecular flexibility index (Phi) is 3.12. The summed E-state index contributed by atoms with van der Waals surface area (Å²) in [5.41, 5.74) is 5.58. The van der Waals surface area contributed by atoms with E-state index in [1.54, 1.807) is 6.92 Å². The molecule has 0 saturated heterocycles. The summed E-state index contributed by atoms with van der Waals surface area (Å²) in [4.78, 5) is 0. The van der Waals surface area contributed by atoms with Crippen LogP contribution in [0.1, 0.15) is 25.8 Å². The summed E-state index contributed by atoms with van der Waals surface area (Å²) in [6.45, 7) is 3.59. The smallest absolute Gasteiger partial charge is 0.160 e. The second-order valence-electron chi connectivity index (χ2n) is 3.52. The van der Waals surface area contributed by atoms with E-state index in [4.69, 9.17) is 17.3 Å². The lowest BCUT2D eigenvalue weighted by Gasteiger charge is -2.24. The van der Waals surface area contributed by atoms with Gasteiger partial charge in [0.1, 0.15) is 0 Å². The Balaban J connectivity index is 3.29. The van der Waals surface area contributed by atoms with Crippen molar-refractivity contribution >= 4 is 11.6 Å². The Labute approximate surface area is 86.9 Å². The average molecular weight is 220 g/mol. The number of rotatable bonds is 2. The monoisotopic (exact) mass is 219 g/mol. The van der Waals surface area contributed by atoms with Gasteiger partial charge in [0.15, 0.2) is 11.6 Å². The van der Waals surface area contributed by atoms with Gasteiger partial charge in [-0.15, -0.1) is 0 Å². The van der Waals surface area contributed by atoms with Crippen molar-refractivity contribution in [3.05, 3.63) is 34.4 Å². The maximum atomic E-state index is 12.9. The molecule has 0 spiro atoms. The van der Waals surface area contributed by atoms with Crippen molar-refractivity contribution in [3.8, 4) is 0 Å². The van der Waals surface area contributed by atoms with Gasteiger partial charge < -0.3 is 5.73 Å². The Hall–Kier alpha value is -0.670. The second-order valence-corrected chi connectivity index (χ2v) is 3.92. The van der Waals surface area contributed by atoms with Crippen LogP contribution in [0.4, 0.5) is 8.78 Å². The molecule has 1 nitrogen and oxygen atoms in total. The molecule has 0 aliphatic carbocycles. The van der Waals surface area contributed by atoms with E-state index in [1.165, 1.54) is 0 Å². The van der Waals surface area contributed by atoms with E-state index in [-0.39, 0.29) is 5.02 Å². The van der Waals surface area contributed by atoms with Crippen molar-refractivity contribution in [2.75, 3.05) is 0 Å². The molecule has 1 atom stereocenters. The predicted molar refractivity (Wildman–Crippen MR) is 53.2 cm³/mol. The van der Waals surface area contributed by atoms with Crippen LogP contribution in [0.5, 0.6) is 0 Å². The summed E-state index contributed by atoms with van der Waals surface area (Å²) in [6.07, 6.45) is 0.595. The van der Waals surface area contributed by atoms with Crippen molar-refractivity contribution in [3.63, 3.8) is 0 Å². The first-order chi connectivity index (χ1) is 6.38. The van der Waals surface area contributed by atoms with Gasteiger partial charge in [-0.05, 0) is 31.0 Å². The topological polar surface area (TPSA) is 26.0 Å². The summed E-state index contributed by atoms with van der Waals surface area (Å²) in [6, 6.07) is 2.01. The number of nitrogens with two attached hydrogens (primary N) is 1. The Morgan fingerprint density at radius 1 is 1.36 bits per heavy atom. The zero-order valence-corrected chi connectivity index (χ0v) is 8.83. The predicted octanol–water partition coefficient (Wildman–Crippen LogP) is 3.20. The summed E-state index contributed by atoms with van der Waals surface area (Å²) in [5, 5.41) is 0.163. The molecular formula is C10H12ClF2N. The minimum atomic E-state index is -0.953. The van der Waals surface area contributed by atoms with Crippen molar-refractivity contribution in [1.82, 2.24) is 0 Å². The minimum Gasteiger partial charge on any atom is -0.322 e. The largest absolute Gasteiger partial charge is 0.322 e. The molecule has 0 aliphatic heterocycles. The molecule has 14 heavy (non-hydrogen) atoms. The molecule has 0 heterocycles. The summed E-state index contributed by atoms with van der Waals surface area (Å²) < 4.78 is 25.7. The second kappa shape index (κ2) is 3.83. The first kappa shape index (κ1) is 11.4. The lowest BCUT2D eigenvalue weighted by Crippen LogP contribution is -2.32. The quantitative estimate of drug-likeness (QED) is 0.760. The number of benzene rings is 1. The molecule has 4 heteroatoms. The van der Waals surface area contributed by atoms with Crippen LogP contribution in [0.25, 0.3) is 0 Å². The molecule has 0 fully saturated rings. The summed E-state index contributed by atoms with van der Waals surface area (Å²) in [5.74, 6) is -1.87. The van der Waals surface area contributed by atoms with Gasteiger partial charge in [0.05, 0.1) is 0 Å². The van der Waals surface area contributed by atoms with Crippen molar-refractivity contribution < 1.29 is 8.78 Å². The lowest BCUT2D eigenvalue weighted by atomic mass is 9.90. The SMILES string of the molecule is CCC(C)(N)c1cc(F)c(F)cc1Cl. The van der Waals surface area contributed by atoms with Crippen LogP contribution >= 0.6 is 11.6 Å². The molecule has 0 aromatic heterocycles. The summed E-state index contributed by atoms with van der Waals surface area (Å²) in [7, 11) is 0. The van der Waals surface area contributed by atoms with Gasteiger partial charge in [0, 0.05) is 10.6 Å². The van der Waals surface area contributed by atoms with E-state index in [2.05, 4.69) is 0 Å². The van der Waals surface area contributed by atoms with Crippen LogP contribution in [0.3, 0.4) is 0 Å². The highest BCUT2D eigenvalue weighted by Gasteiger charge is 2.23. The number of halogens is 3. The fourth-order valence-electron chi connectivity index (χ4n) is 1.15. The fourth-order valence-corrected chi connectivity index (χ4v) is 1.52. The van der Waals surface area contributed by atoms with E-state index in [0.717, 1.165) is 12.1 Å². The van der Waals surface area contributed by atoms with Crippen LogP contribution in [0.2, 0.25) is 5.02 Å². The van der Waals surface area contributed by atoms with Gasteiger partial charge in [0.25, 0.3) is 0 Å². The molecule has 1 unspecified atom stereocenters. The Morgan fingerprint density at radius 2 is 1.86 bits per heavy atom. The zero-order chi connectivity index (χ0) is 10.9. The molecule has 1 aromatic carbocycles. The molecule has 0 bridgehead atoms. The van der Waals surface area contributed by atoms with Crippen molar-refractivity contribution in [2.45, 2.75) is 25.8 Å². The van der Waals surface area contributed by atoms with Crippen molar-refractivity contribution in [2.24, 2.45) is 5.73 Å². The minimum absolute atomic E-state index is 0.163. The Morgan fingerprint density at radius 3 is 2.36 bits per heavy atom. The molecule has 0 aliphatic rings. The van der Waals surface area contributed by atoms with Crippen LogP contribution in [0.15, 0.2) is 12.1 Å².